The number of hydrogen-bond acceptors (Lipinski definition) is 6. The van der Waals surface area contributed by atoms with E-state index < -0.39 is 0 Å². The molecule has 4 aromatic carbocycles. The third-order valence-electron chi connectivity index (χ3n) is 5.10. The van der Waals surface area contributed by atoms with Crippen LogP contribution in [0, 0.1) is 0 Å². The van der Waals surface area contributed by atoms with Crippen LogP contribution in [0.2, 0.25) is 0 Å². The molecule has 4 nitrogen and oxygen atoms in total. The lowest BCUT2D eigenvalue weighted by Gasteiger charge is -2.06. The lowest BCUT2D eigenvalue weighted by atomic mass is 10.2. The number of rotatable bonds is 6. The summed E-state index contributed by atoms with van der Waals surface area (Å²) < 4.78 is 12.0. The molecule has 0 fully saturated rings. The number of thiazole rings is 2. The molecule has 6 rings (SSSR count). The first-order chi connectivity index (χ1) is 16.8. The van der Waals surface area contributed by atoms with Gasteiger partial charge in [-0.3, -0.25) is 0 Å². The van der Waals surface area contributed by atoms with Crippen LogP contribution in [0.15, 0.2) is 109 Å². The second-order valence-corrected chi connectivity index (χ2v) is 9.49. The molecule has 0 amide bonds. The van der Waals surface area contributed by atoms with Gasteiger partial charge in [0.2, 0.25) is 0 Å². The fraction of sp³-hybridized carbons (Fsp3) is 0. The Morgan fingerprint density at radius 3 is 1.29 bits per heavy atom. The molecular formula is C28H18N2O2S2. The van der Waals surface area contributed by atoms with E-state index in [0.717, 1.165) is 53.8 Å². The summed E-state index contributed by atoms with van der Waals surface area (Å²) in [6.45, 7) is 0. The van der Waals surface area contributed by atoms with Crippen molar-refractivity contribution in [1.82, 2.24) is 9.97 Å². The number of ether oxygens (including phenoxy) is 2. The van der Waals surface area contributed by atoms with Gasteiger partial charge in [-0.15, -0.1) is 0 Å². The van der Waals surface area contributed by atoms with Crippen LogP contribution in [0.3, 0.4) is 0 Å². The van der Waals surface area contributed by atoms with E-state index in [1.807, 2.05) is 109 Å². The van der Waals surface area contributed by atoms with Crippen LogP contribution in [0.25, 0.3) is 30.8 Å². The summed E-state index contributed by atoms with van der Waals surface area (Å²) in [5.41, 5.74) is 2.03. The quantitative estimate of drug-likeness (QED) is 0.240. The van der Waals surface area contributed by atoms with E-state index in [-0.39, 0.29) is 0 Å². The zero-order valence-electron chi connectivity index (χ0n) is 17.9. The van der Waals surface area contributed by atoms with Gasteiger partial charge in [-0.05, 0) is 48.5 Å². The van der Waals surface area contributed by atoms with Crippen LogP contribution < -0.4 is 9.47 Å². The lowest BCUT2D eigenvalue weighted by molar-refractivity contribution is 0.482. The van der Waals surface area contributed by atoms with Crippen molar-refractivity contribution in [1.29, 1.82) is 0 Å². The highest BCUT2D eigenvalue weighted by molar-refractivity contribution is 7.29. The zero-order valence-corrected chi connectivity index (χ0v) is 19.6. The molecule has 0 bridgehead atoms. The summed E-state index contributed by atoms with van der Waals surface area (Å²) in [6, 6.07) is 35.5. The normalized spacial score (nSPS) is 10.9. The molecule has 2 heterocycles. The highest BCUT2D eigenvalue weighted by atomic mass is 32.1. The maximum atomic E-state index is 5.98. The number of nitrogens with zero attached hydrogens (tertiary/aromatic N) is 2. The molecule has 0 aliphatic rings. The molecule has 0 saturated heterocycles. The summed E-state index contributed by atoms with van der Waals surface area (Å²) in [4.78, 5) is 11.6. The molecule has 6 heteroatoms. The largest absolute Gasteiger partial charge is 0.457 e. The molecule has 0 saturated carbocycles. The van der Waals surface area contributed by atoms with Crippen molar-refractivity contribution in [3.05, 3.63) is 109 Å². The molecule has 6 aromatic rings. The van der Waals surface area contributed by atoms with Crippen LogP contribution in [-0.2, 0) is 0 Å². The molecule has 0 spiro atoms. The van der Waals surface area contributed by atoms with Crippen molar-refractivity contribution in [3.8, 4) is 44.1 Å². The third kappa shape index (κ3) is 4.41. The van der Waals surface area contributed by atoms with Gasteiger partial charge in [-0.2, -0.15) is 0 Å². The van der Waals surface area contributed by atoms with Crippen molar-refractivity contribution < 1.29 is 9.47 Å². The molecular weight excluding hydrogens is 460 g/mol. The number of fused-ring (bicyclic) bond motifs is 1. The second kappa shape index (κ2) is 9.09. The van der Waals surface area contributed by atoms with E-state index >= 15 is 0 Å². The predicted molar refractivity (Wildman–Crippen MR) is 139 cm³/mol. The maximum Gasteiger partial charge on any atom is 0.155 e. The SMILES string of the molecule is c1ccc(Oc2cccc(-c3nc4sc(-c5cccc(Oc6ccccc6)c5)nc4s3)c2)cc1. The number of aromatic nitrogens is 2. The maximum absolute atomic E-state index is 5.98. The van der Waals surface area contributed by atoms with Gasteiger partial charge in [-0.1, -0.05) is 83.3 Å². The Bertz CT molecular complexity index is 1410. The van der Waals surface area contributed by atoms with E-state index in [2.05, 4.69) is 0 Å². The fourth-order valence-electron chi connectivity index (χ4n) is 3.52. The molecule has 34 heavy (non-hydrogen) atoms. The van der Waals surface area contributed by atoms with Crippen molar-refractivity contribution >= 4 is 32.3 Å². The minimum atomic E-state index is 0.783. The van der Waals surface area contributed by atoms with E-state index in [0.29, 0.717) is 0 Å². The van der Waals surface area contributed by atoms with Gasteiger partial charge in [0.15, 0.2) is 9.66 Å². The Labute approximate surface area is 204 Å². The predicted octanol–water partition coefficient (Wildman–Crippen LogP) is 8.67. The Kier molecular flexibility index (Phi) is 5.51. The molecule has 0 N–H and O–H groups in total. The van der Waals surface area contributed by atoms with E-state index in [4.69, 9.17) is 19.4 Å². The van der Waals surface area contributed by atoms with Gasteiger partial charge in [0.25, 0.3) is 0 Å². The monoisotopic (exact) mass is 478 g/mol. The van der Waals surface area contributed by atoms with Crippen LogP contribution in [0.5, 0.6) is 23.0 Å². The topological polar surface area (TPSA) is 44.2 Å². The lowest BCUT2D eigenvalue weighted by Crippen LogP contribution is -1.84. The van der Waals surface area contributed by atoms with E-state index in [9.17, 15) is 0 Å². The smallest absolute Gasteiger partial charge is 0.155 e. The van der Waals surface area contributed by atoms with Gasteiger partial charge in [0, 0.05) is 11.1 Å². The number of para-hydroxylation sites is 2. The summed E-state index contributed by atoms with van der Waals surface area (Å²) in [7, 11) is 0. The Balaban J connectivity index is 1.25. The van der Waals surface area contributed by atoms with Crippen molar-refractivity contribution in [2.24, 2.45) is 0 Å². The van der Waals surface area contributed by atoms with Gasteiger partial charge < -0.3 is 9.47 Å². The number of benzene rings is 4. The van der Waals surface area contributed by atoms with Crippen LogP contribution in [0.1, 0.15) is 0 Å². The first kappa shape index (κ1) is 20.6. The minimum absolute atomic E-state index is 0.783. The molecule has 0 unspecified atom stereocenters. The average Bonchev–Trinajstić information content (AvgIpc) is 3.46. The molecule has 0 atom stereocenters. The van der Waals surface area contributed by atoms with Gasteiger partial charge in [-0.25, -0.2) is 9.97 Å². The molecule has 164 valence electrons. The molecule has 2 aromatic heterocycles. The molecule has 0 aliphatic heterocycles. The Morgan fingerprint density at radius 1 is 0.441 bits per heavy atom. The van der Waals surface area contributed by atoms with Crippen molar-refractivity contribution in [3.63, 3.8) is 0 Å². The highest BCUT2D eigenvalue weighted by Crippen LogP contribution is 2.38. The minimum Gasteiger partial charge on any atom is -0.457 e. The Morgan fingerprint density at radius 2 is 0.853 bits per heavy atom. The first-order valence-electron chi connectivity index (χ1n) is 10.7. The average molecular weight is 479 g/mol. The standard InChI is InChI=1S/C28H18N2O2S2/c1-3-11-21(12-4-1)31-23-15-7-9-19(17-23)25-29-27-28(33-25)30-26(34-27)20-10-8-16-24(18-20)32-22-13-5-2-6-14-22/h1-18H. The van der Waals surface area contributed by atoms with Gasteiger partial charge >= 0.3 is 0 Å². The number of hydrogen-bond donors (Lipinski definition) is 0. The Hall–Kier alpha value is -4.00. The van der Waals surface area contributed by atoms with Crippen molar-refractivity contribution in [2.45, 2.75) is 0 Å². The van der Waals surface area contributed by atoms with Crippen LogP contribution in [0.4, 0.5) is 0 Å². The zero-order chi connectivity index (χ0) is 22.7. The molecule has 0 aliphatic carbocycles. The molecule has 0 radical (unpaired) electrons. The second-order valence-electron chi connectivity index (χ2n) is 7.53. The van der Waals surface area contributed by atoms with E-state index in [1.54, 1.807) is 22.7 Å². The van der Waals surface area contributed by atoms with Crippen LogP contribution in [-0.4, -0.2) is 9.97 Å². The van der Waals surface area contributed by atoms with Crippen molar-refractivity contribution in [2.75, 3.05) is 0 Å². The summed E-state index contributed by atoms with van der Waals surface area (Å²) in [6.07, 6.45) is 0. The van der Waals surface area contributed by atoms with E-state index in [1.165, 1.54) is 0 Å². The summed E-state index contributed by atoms with van der Waals surface area (Å²) in [5.74, 6) is 3.19. The van der Waals surface area contributed by atoms with Crippen LogP contribution >= 0.6 is 22.7 Å². The first-order valence-corrected chi connectivity index (χ1v) is 12.4. The summed E-state index contributed by atoms with van der Waals surface area (Å²) in [5, 5.41) is 1.86. The highest BCUT2D eigenvalue weighted by Gasteiger charge is 2.14. The summed E-state index contributed by atoms with van der Waals surface area (Å²) >= 11 is 3.18. The van der Waals surface area contributed by atoms with Gasteiger partial charge in [0.1, 0.15) is 33.0 Å². The van der Waals surface area contributed by atoms with Gasteiger partial charge in [0.05, 0.1) is 0 Å². The third-order valence-corrected chi connectivity index (χ3v) is 7.22. The fourth-order valence-corrected chi connectivity index (χ4v) is 5.56.